The summed E-state index contributed by atoms with van der Waals surface area (Å²) >= 11 is 0. The molecular formula is C18H19NO. The highest BCUT2D eigenvalue weighted by Crippen LogP contribution is 2.15. The molecule has 0 fully saturated rings. The van der Waals surface area contributed by atoms with Gasteiger partial charge in [-0.15, -0.1) is 0 Å². The molecule has 0 aromatic heterocycles. The van der Waals surface area contributed by atoms with E-state index in [0.717, 1.165) is 25.0 Å². The van der Waals surface area contributed by atoms with Gasteiger partial charge in [-0.05, 0) is 42.5 Å². The van der Waals surface area contributed by atoms with Crippen molar-refractivity contribution in [3.05, 3.63) is 65.7 Å². The average Bonchev–Trinajstić information content (AvgIpc) is 2.50. The van der Waals surface area contributed by atoms with Gasteiger partial charge in [0.2, 0.25) is 0 Å². The molecule has 0 aliphatic heterocycles. The fourth-order valence-electron chi connectivity index (χ4n) is 2.03. The highest BCUT2D eigenvalue weighted by atomic mass is 16.5. The van der Waals surface area contributed by atoms with Crippen LogP contribution in [0.15, 0.2) is 54.6 Å². The lowest BCUT2D eigenvalue weighted by Crippen LogP contribution is -1.97. The molecule has 20 heavy (non-hydrogen) atoms. The Hall–Kier alpha value is -2.27. The molecule has 0 heterocycles. The Bertz CT molecular complexity index is 540. The van der Waals surface area contributed by atoms with Gasteiger partial charge in [0, 0.05) is 6.42 Å². The van der Waals surface area contributed by atoms with Crippen molar-refractivity contribution in [2.24, 2.45) is 0 Å². The van der Waals surface area contributed by atoms with Crippen molar-refractivity contribution in [3.63, 3.8) is 0 Å². The molecule has 0 N–H and O–H groups in total. The Morgan fingerprint density at radius 2 is 1.55 bits per heavy atom. The molecule has 0 unspecified atom stereocenters. The third-order valence-electron chi connectivity index (χ3n) is 3.13. The molecule has 2 aromatic rings. The SMILES string of the molecule is N#CCCCCOc1ccc(Cc2ccccc2)cc1. The molecule has 0 radical (unpaired) electrons. The van der Waals surface area contributed by atoms with E-state index >= 15 is 0 Å². The Balaban J connectivity index is 1.79. The zero-order chi connectivity index (χ0) is 14.0. The molecule has 2 nitrogen and oxygen atoms in total. The molecule has 2 rings (SSSR count). The van der Waals surface area contributed by atoms with Crippen molar-refractivity contribution in [3.8, 4) is 11.8 Å². The zero-order valence-corrected chi connectivity index (χ0v) is 11.6. The molecule has 0 spiro atoms. The summed E-state index contributed by atoms with van der Waals surface area (Å²) in [7, 11) is 0. The van der Waals surface area contributed by atoms with Gasteiger partial charge in [-0.1, -0.05) is 42.5 Å². The van der Waals surface area contributed by atoms with Crippen LogP contribution in [-0.4, -0.2) is 6.61 Å². The Morgan fingerprint density at radius 1 is 0.850 bits per heavy atom. The number of ether oxygens (including phenoxy) is 1. The maximum absolute atomic E-state index is 8.44. The normalized spacial score (nSPS) is 9.95. The first kappa shape index (κ1) is 14.1. The lowest BCUT2D eigenvalue weighted by molar-refractivity contribution is 0.307. The van der Waals surface area contributed by atoms with Crippen LogP contribution in [0.3, 0.4) is 0 Å². The van der Waals surface area contributed by atoms with E-state index in [9.17, 15) is 0 Å². The summed E-state index contributed by atoms with van der Waals surface area (Å²) in [4.78, 5) is 0. The molecule has 0 saturated heterocycles. The van der Waals surface area contributed by atoms with Gasteiger partial charge in [0.1, 0.15) is 5.75 Å². The summed E-state index contributed by atoms with van der Waals surface area (Å²) in [6, 6.07) is 20.8. The lowest BCUT2D eigenvalue weighted by Gasteiger charge is -2.07. The van der Waals surface area contributed by atoms with Crippen molar-refractivity contribution in [1.29, 1.82) is 5.26 Å². The minimum Gasteiger partial charge on any atom is -0.494 e. The second-order valence-corrected chi connectivity index (χ2v) is 4.77. The highest BCUT2D eigenvalue weighted by Gasteiger charge is 1.98. The number of nitrogens with zero attached hydrogens (tertiary/aromatic N) is 1. The quantitative estimate of drug-likeness (QED) is 0.697. The van der Waals surface area contributed by atoms with Gasteiger partial charge in [-0.3, -0.25) is 0 Å². The van der Waals surface area contributed by atoms with Crippen LogP contribution in [0.1, 0.15) is 30.4 Å². The lowest BCUT2D eigenvalue weighted by atomic mass is 10.1. The summed E-state index contributed by atoms with van der Waals surface area (Å²) in [6.45, 7) is 0.680. The van der Waals surface area contributed by atoms with E-state index in [2.05, 4.69) is 42.5 Å². The molecule has 0 saturated carbocycles. The van der Waals surface area contributed by atoms with Crippen molar-refractivity contribution < 1.29 is 4.74 Å². The van der Waals surface area contributed by atoms with Crippen LogP contribution in [0.4, 0.5) is 0 Å². The molecule has 0 amide bonds. The number of unbranched alkanes of at least 4 members (excludes halogenated alkanes) is 2. The van der Waals surface area contributed by atoms with E-state index in [1.54, 1.807) is 0 Å². The molecule has 102 valence electrons. The van der Waals surface area contributed by atoms with Crippen LogP contribution >= 0.6 is 0 Å². The van der Waals surface area contributed by atoms with Gasteiger partial charge in [0.05, 0.1) is 12.7 Å². The van der Waals surface area contributed by atoms with Crippen LogP contribution in [0, 0.1) is 11.3 Å². The topological polar surface area (TPSA) is 33.0 Å². The predicted molar refractivity (Wildman–Crippen MR) is 80.6 cm³/mol. The second-order valence-electron chi connectivity index (χ2n) is 4.77. The number of benzene rings is 2. The minimum absolute atomic E-state index is 0.610. The summed E-state index contributed by atoms with van der Waals surface area (Å²) < 4.78 is 5.65. The van der Waals surface area contributed by atoms with Crippen LogP contribution in [-0.2, 0) is 6.42 Å². The highest BCUT2D eigenvalue weighted by molar-refractivity contribution is 5.31. The average molecular weight is 265 g/mol. The van der Waals surface area contributed by atoms with E-state index in [4.69, 9.17) is 10.00 Å². The molecular weight excluding hydrogens is 246 g/mol. The number of hydrogen-bond acceptors (Lipinski definition) is 2. The monoisotopic (exact) mass is 265 g/mol. The zero-order valence-electron chi connectivity index (χ0n) is 11.6. The minimum atomic E-state index is 0.610. The van der Waals surface area contributed by atoms with E-state index in [1.165, 1.54) is 11.1 Å². The van der Waals surface area contributed by atoms with E-state index in [-0.39, 0.29) is 0 Å². The first-order valence-corrected chi connectivity index (χ1v) is 7.01. The van der Waals surface area contributed by atoms with Gasteiger partial charge in [0.25, 0.3) is 0 Å². The van der Waals surface area contributed by atoms with Crippen molar-refractivity contribution in [2.75, 3.05) is 6.61 Å². The smallest absolute Gasteiger partial charge is 0.119 e. The Morgan fingerprint density at radius 3 is 2.25 bits per heavy atom. The van der Waals surface area contributed by atoms with E-state index in [0.29, 0.717) is 13.0 Å². The van der Waals surface area contributed by atoms with Crippen molar-refractivity contribution in [1.82, 2.24) is 0 Å². The number of nitriles is 1. The summed E-state index contributed by atoms with van der Waals surface area (Å²) in [5.41, 5.74) is 2.60. The third kappa shape index (κ3) is 4.78. The first-order valence-electron chi connectivity index (χ1n) is 7.01. The van der Waals surface area contributed by atoms with Crippen LogP contribution < -0.4 is 4.74 Å². The van der Waals surface area contributed by atoms with E-state index in [1.807, 2.05) is 18.2 Å². The fourth-order valence-corrected chi connectivity index (χ4v) is 2.03. The maximum Gasteiger partial charge on any atom is 0.119 e. The molecule has 0 aliphatic rings. The van der Waals surface area contributed by atoms with E-state index < -0.39 is 0 Å². The molecule has 2 heteroatoms. The van der Waals surface area contributed by atoms with Crippen molar-refractivity contribution >= 4 is 0 Å². The van der Waals surface area contributed by atoms with Crippen LogP contribution in [0.5, 0.6) is 5.75 Å². The maximum atomic E-state index is 8.44. The molecule has 0 bridgehead atoms. The second kappa shape index (κ2) is 8.01. The summed E-state index contributed by atoms with van der Waals surface area (Å²) in [5.74, 6) is 0.902. The largest absolute Gasteiger partial charge is 0.494 e. The fraction of sp³-hybridized carbons (Fsp3) is 0.278. The molecule has 0 aliphatic carbocycles. The third-order valence-corrected chi connectivity index (χ3v) is 3.13. The molecule has 0 atom stereocenters. The summed E-state index contributed by atoms with van der Waals surface area (Å²) in [6.07, 6.45) is 3.39. The van der Waals surface area contributed by atoms with Crippen LogP contribution in [0.2, 0.25) is 0 Å². The van der Waals surface area contributed by atoms with Gasteiger partial charge in [0.15, 0.2) is 0 Å². The van der Waals surface area contributed by atoms with Gasteiger partial charge < -0.3 is 4.74 Å². The van der Waals surface area contributed by atoms with Gasteiger partial charge in [-0.25, -0.2) is 0 Å². The Labute approximate surface area is 120 Å². The van der Waals surface area contributed by atoms with Crippen LogP contribution in [0.25, 0.3) is 0 Å². The van der Waals surface area contributed by atoms with Gasteiger partial charge >= 0.3 is 0 Å². The number of hydrogen-bond donors (Lipinski definition) is 0. The predicted octanol–water partition coefficient (Wildman–Crippen LogP) is 4.35. The summed E-state index contributed by atoms with van der Waals surface area (Å²) in [5, 5.41) is 8.44. The Kier molecular flexibility index (Phi) is 5.67. The molecule has 2 aromatic carbocycles. The number of rotatable bonds is 7. The standard InChI is InChI=1S/C18H19NO/c19-13-5-2-6-14-20-18-11-9-17(10-12-18)15-16-7-3-1-4-8-16/h1,3-4,7-12H,2,5-6,14-15H2. The van der Waals surface area contributed by atoms with Crippen molar-refractivity contribution in [2.45, 2.75) is 25.7 Å². The first-order chi connectivity index (χ1) is 9.88. The van der Waals surface area contributed by atoms with Gasteiger partial charge in [-0.2, -0.15) is 5.26 Å².